The van der Waals surface area contributed by atoms with Crippen molar-refractivity contribution >= 4 is 5.97 Å². The number of carbonyl (C=O) groups is 1. The lowest BCUT2D eigenvalue weighted by Gasteiger charge is -2.18. The van der Waals surface area contributed by atoms with E-state index in [1.165, 1.54) is 0 Å². The second-order valence-corrected chi connectivity index (χ2v) is 4.37. The number of likely N-dealkylation sites (tertiary alicyclic amines) is 1. The van der Waals surface area contributed by atoms with Gasteiger partial charge in [0, 0.05) is 19.5 Å². The van der Waals surface area contributed by atoms with Crippen molar-refractivity contribution in [3.05, 3.63) is 11.8 Å². The van der Waals surface area contributed by atoms with E-state index in [2.05, 4.69) is 10.2 Å². The summed E-state index contributed by atoms with van der Waals surface area (Å²) in [5, 5.41) is 16.7. The first-order valence-corrected chi connectivity index (χ1v) is 5.59. The van der Waals surface area contributed by atoms with E-state index >= 15 is 0 Å². The molecule has 0 aromatic carbocycles. The third kappa shape index (κ3) is 2.45. The first-order valence-electron chi connectivity index (χ1n) is 5.59. The zero-order valence-electron chi connectivity index (χ0n) is 9.72. The standard InChI is InChI=1S/C10H16N4O3/c1-2-7-12-13-8(17-7)5-14-4-3-10(11,6-14)9(15)16/h2-6,11H2,1H3,(H,15,16). The number of carboxylic acids is 1. The number of aromatic nitrogens is 2. The molecule has 0 radical (unpaired) electrons. The fraction of sp³-hybridized carbons (Fsp3) is 0.700. The Morgan fingerprint density at radius 3 is 2.82 bits per heavy atom. The summed E-state index contributed by atoms with van der Waals surface area (Å²) < 4.78 is 5.37. The molecule has 1 atom stereocenters. The van der Waals surface area contributed by atoms with Crippen LogP contribution in [0.15, 0.2) is 4.42 Å². The summed E-state index contributed by atoms with van der Waals surface area (Å²) in [5.41, 5.74) is 4.62. The molecule has 1 unspecified atom stereocenters. The minimum Gasteiger partial charge on any atom is -0.480 e. The summed E-state index contributed by atoms with van der Waals surface area (Å²) in [4.78, 5) is 12.9. The minimum absolute atomic E-state index is 0.312. The molecule has 1 saturated heterocycles. The molecule has 2 heterocycles. The number of hydrogen-bond acceptors (Lipinski definition) is 6. The van der Waals surface area contributed by atoms with Crippen LogP contribution in [0.1, 0.15) is 25.1 Å². The Bertz CT molecular complexity index is 419. The molecule has 2 rings (SSSR count). The van der Waals surface area contributed by atoms with Gasteiger partial charge in [-0.25, -0.2) is 0 Å². The predicted octanol–water partition coefficient (Wildman–Crippen LogP) is -0.380. The number of hydrogen-bond donors (Lipinski definition) is 2. The van der Waals surface area contributed by atoms with Crippen molar-refractivity contribution in [2.75, 3.05) is 13.1 Å². The summed E-state index contributed by atoms with van der Waals surface area (Å²) in [6.45, 7) is 3.33. The van der Waals surface area contributed by atoms with Crippen molar-refractivity contribution < 1.29 is 14.3 Å². The fourth-order valence-corrected chi connectivity index (χ4v) is 1.91. The van der Waals surface area contributed by atoms with Gasteiger partial charge in [0.25, 0.3) is 0 Å². The maximum absolute atomic E-state index is 11.0. The molecule has 0 bridgehead atoms. The van der Waals surface area contributed by atoms with Crippen molar-refractivity contribution in [3.63, 3.8) is 0 Å². The topological polar surface area (TPSA) is 105 Å². The lowest BCUT2D eigenvalue weighted by molar-refractivity contribution is -0.142. The Kier molecular flexibility index (Phi) is 3.12. The molecule has 7 nitrogen and oxygen atoms in total. The Morgan fingerprint density at radius 2 is 2.29 bits per heavy atom. The van der Waals surface area contributed by atoms with Gasteiger partial charge in [-0.15, -0.1) is 10.2 Å². The zero-order valence-corrected chi connectivity index (χ0v) is 9.72. The van der Waals surface area contributed by atoms with Crippen LogP contribution < -0.4 is 5.73 Å². The normalized spacial score (nSPS) is 25.3. The molecule has 1 aromatic rings. The highest BCUT2D eigenvalue weighted by Gasteiger charge is 2.41. The quantitative estimate of drug-likeness (QED) is 0.738. The van der Waals surface area contributed by atoms with E-state index in [1.807, 2.05) is 11.8 Å². The molecule has 1 aromatic heterocycles. The van der Waals surface area contributed by atoms with Gasteiger partial charge in [0.05, 0.1) is 6.54 Å². The fourth-order valence-electron chi connectivity index (χ4n) is 1.91. The first-order chi connectivity index (χ1) is 8.03. The molecule has 0 saturated carbocycles. The van der Waals surface area contributed by atoms with Gasteiger partial charge in [0.15, 0.2) is 0 Å². The van der Waals surface area contributed by atoms with Crippen LogP contribution in [0.3, 0.4) is 0 Å². The number of nitrogens with zero attached hydrogens (tertiary/aromatic N) is 3. The number of aryl methyl sites for hydroxylation is 1. The highest BCUT2D eigenvalue weighted by molar-refractivity contribution is 5.79. The minimum atomic E-state index is -1.15. The third-order valence-electron chi connectivity index (χ3n) is 2.98. The second-order valence-electron chi connectivity index (χ2n) is 4.37. The molecular formula is C10H16N4O3. The first kappa shape index (κ1) is 12.0. The van der Waals surface area contributed by atoms with Crippen LogP contribution in [0.2, 0.25) is 0 Å². The average molecular weight is 240 g/mol. The number of aliphatic carboxylic acids is 1. The summed E-state index contributed by atoms with van der Waals surface area (Å²) in [6, 6.07) is 0. The van der Waals surface area contributed by atoms with Gasteiger partial charge in [-0.1, -0.05) is 6.92 Å². The van der Waals surface area contributed by atoms with E-state index < -0.39 is 11.5 Å². The molecule has 17 heavy (non-hydrogen) atoms. The third-order valence-corrected chi connectivity index (χ3v) is 2.98. The van der Waals surface area contributed by atoms with Crippen LogP contribution in [0.4, 0.5) is 0 Å². The molecule has 0 spiro atoms. The van der Waals surface area contributed by atoms with Gasteiger partial charge in [0.1, 0.15) is 5.54 Å². The van der Waals surface area contributed by atoms with Gasteiger partial charge < -0.3 is 15.3 Å². The molecule has 1 aliphatic rings. The van der Waals surface area contributed by atoms with Gasteiger partial charge >= 0.3 is 5.97 Å². The molecule has 1 aliphatic heterocycles. The van der Waals surface area contributed by atoms with Gasteiger partial charge in [-0.05, 0) is 6.42 Å². The van der Waals surface area contributed by atoms with Crippen molar-refractivity contribution in [2.45, 2.75) is 31.8 Å². The van der Waals surface area contributed by atoms with Crippen molar-refractivity contribution in [1.29, 1.82) is 0 Å². The highest BCUT2D eigenvalue weighted by Crippen LogP contribution is 2.20. The van der Waals surface area contributed by atoms with E-state index in [9.17, 15) is 4.79 Å². The van der Waals surface area contributed by atoms with E-state index in [0.29, 0.717) is 44.3 Å². The van der Waals surface area contributed by atoms with Gasteiger partial charge in [-0.2, -0.15) is 0 Å². The predicted molar refractivity (Wildman–Crippen MR) is 58.1 cm³/mol. The van der Waals surface area contributed by atoms with Crippen molar-refractivity contribution in [2.24, 2.45) is 5.73 Å². The SMILES string of the molecule is CCc1nnc(CN2CCC(N)(C(=O)O)C2)o1. The van der Waals surface area contributed by atoms with E-state index in [0.717, 1.165) is 0 Å². The van der Waals surface area contributed by atoms with Gasteiger partial charge in [-0.3, -0.25) is 9.69 Å². The zero-order chi connectivity index (χ0) is 12.5. The Labute approximate surface area is 98.6 Å². The lowest BCUT2D eigenvalue weighted by Crippen LogP contribution is -2.50. The monoisotopic (exact) mass is 240 g/mol. The maximum atomic E-state index is 11.0. The summed E-state index contributed by atoms with van der Waals surface area (Å²) in [7, 11) is 0. The Morgan fingerprint density at radius 1 is 1.59 bits per heavy atom. The summed E-state index contributed by atoms with van der Waals surface area (Å²) in [6.07, 6.45) is 1.14. The molecular weight excluding hydrogens is 224 g/mol. The molecule has 0 amide bonds. The number of carboxylic acid groups (broad SMARTS) is 1. The maximum Gasteiger partial charge on any atom is 0.325 e. The van der Waals surface area contributed by atoms with Crippen LogP contribution in [0.5, 0.6) is 0 Å². The molecule has 94 valence electrons. The average Bonchev–Trinajstić information content (AvgIpc) is 2.87. The van der Waals surface area contributed by atoms with Crippen LogP contribution >= 0.6 is 0 Å². The van der Waals surface area contributed by atoms with Crippen LogP contribution in [0, 0.1) is 0 Å². The highest BCUT2D eigenvalue weighted by atomic mass is 16.4. The van der Waals surface area contributed by atoms with E-state index in [1.54, 1.807) is 0 Å². The van der Waals surface area contributed by atoms with E-state index in [4.69, 9.17) is 15.3 Å². The van der Waals surface area contributed by atoms with Crippen molar-refractivity contribution in [3.8, 4) is 0 Å². The molecule has 3 N–H and O–H groups in total. The Hall–Kier alpha value is -1.47. The van der Waals surface area contributed by atoms with Crippen LogP contribution in [-0.4, -0.2) is 44.8 Å². The van der Waals surface area contributed by atoms with E-state index in [-0.39, 0.29) is 0 Å². The molecule has 0 aliphatic carbocycles. The number of nitrogens with two attached hydrogens (primary N) is 1. The molecule has 1 fully saturated rings. The number of rotatable bonds is 4. The van der Waals surface area contributed by atoms with Gasteiger partial charge in [0.2, 0.25) is 11.8 Å². The molecule has 7 heteroatoms. The summed E-state index contributed by atoms with van der Waals surface area (Å²) in [5.74, 6) is 0.146. The lowest BCUT2D eigenvalue weighted by atomic mass is 10.0. The van der Waals surface area contributed by atoms with Crippen molar-refractivity contribution in [1.82, 2.24) is 15.1 Å². The smallest absolute Gasteiger partial charge is 0.325 e. The van der Waals surface area contributed by atoms with Crippen LogP contribution in [0.25, 0.3) is 0 Å². The summed E-state index contributed by atoms with van der Waals surface area (Å²) >= 11 is 0. The second kappa shape index (κ2) is 4.42. The largest absolute Gasteiger partial charge is 0.480 e. The Balaban J connectivity index is 1.96. The van der Waals surface area contributed by atoms with Crippen LogP contribution in [-0.2, 0) is 17.8 Å².